The van der Waals surface area contributed by atoms with Crippen LogP contribution in [0.15, 0.2) is 48.5 Å². The van der Waals surface area contributed by atoms with Crippen molar-refractivity contribution in [2.75, 3.05) is 17.9 Å². The number of rotatable bonds is 13. The van der Waals surface area contributed by atoms with Crippen molar-refractivity contribution in [3.63, 3.8) is 0 Å². The Morgan fingerprint density at radius 1 is 1.00 bits per heavy atom. The first kappa shape index (κ1) is 26.7. The van der Waals surface area contributed by atoms with Crippen LogP contribution in [0, 0.1) is 0 Å². The van der Waals surface area contributed by atoms with Crippen LogP contribution in [0.25, 0.3) is 0 Å². The molecule has 0 aliphatic carbocycles. The highest BCUT2D eigenvalue weighted by Crippen LogP contribution is 2.36. The maximum Gasteiger partial charge on any atom is 0.311 e. The van der Waals surface area contributed by atoms with Gasteiger partial charge in [0.25, 0.3) is 0 Å². The molecule has 0 fully saturated rings. The summed E-state index contributed by atoms with van der Waals surface area (Å²) >= 11 is 0. The van der Waals surface area contributed by atoms with Gasteiger partial charge in [0.2, 0.25) is 10.0 Å². The van der Waals surface area contributed by atoms with Gasteiger partial charge in [0.05, 0.1) is 18.0 Å². The molecule has 3 N–H and O–H groups in total. The number of unbranched alkanes of at least 4 members (excludes halogenated alkanes) is 3. The predicted molar refractivity (Wildman–Crippen MR) is 125 cm³/mol. The second-order valence-corrected chi connectivity index (χ2v) is 8.58. The quantitative estimate of drug-likeness (QED) is 0.257. The summed E-state index contributed by atoms with van der Waals surface area (Å²) in [6, 6.07) is 13.7. The van der Waals surface area contributed by atoms with Gasteiger partial charge >= 0.3 is 5.97 Å². The molecule has 31 heavy (non-hydrogen) atoms. The number of carbonyl (C=O) groups is 1. The number of esters is 1. The van der Waals surface area contributed by atoms with Gasteiger partial charge in [0.15, 0.2) is 11.5 Å². The number of benzene rings is 2. The molecule has 0 saturated heterocycles. The van der Waals surface area contributed by atoms with Gasteiger partial charge in [0.1, 0.15) is 0 Å². The van der Waals surface area contributed by atoms with E-state index in [0.717, 1.165) is 25.7 Å². The minimum absolute atomic E-state index is 0. The first-order valence-electron chi connectivity index (χ1n) is 10.2. The molecule has 0 aliphatic rings. The van der Waals surface area contributed by atoms with E-state index in [9.17, 15) is 13.2 Å². The number of para-hydroxylation sites is 1. The number of halogens is 1. The highest BCUT2D eigenvalue weighted by molar-refractivity contribution is 7.91. The summed E-state index contributed by atoms with van der Waals surface area (Å²) in [7, 11) is -3.71. The van der Waals surface area contributed by atoms with Gasteiger partial charge in [-0.2, -0.15) is 0 Å². The molecule has 0 unspecified atom stereocenters. The number of sulfonamides is 1. The Kier molecular flexibility index (Phi) is 12.0. The van der Waals surface area contributed by atoms with E-state index in [0.29, 0.717) is 24.5 Å². The fourth-order valence-corrected chi connectivity index (χ4v) is 3.98. The van der Waals surface area contributed by atoms with Crippen LogP contribution in [-0.2, 0) is 20.6 Å². The molecule has 0 heterocycles. The van der Waals surface area contributed by atoms with Gasteiger partial charge in [-0.05, 0) is 37.1 Å². The largest absolute Gasteiger partial charge is 0.490 e. The second kappa shape index (κ2) is 13.9. The van der Waals surface area contributed by atoms with Crippen molar-refractivity contribution in [3.8, 4) is 11.5 Å². The lowest BCUT2D eigenvalue weighted by molar-refractivity contribution is -0.134. The van der Waals surface area contributed by atoms with Crippen molar-refractivity contribution in [2.45, 2.75) is 44.8 Å². The van der Waals surface area contributed by atoms with Gasteiger partial charge in [0, 0.05) is 6.42 Å². The first-order chi connectivity index (χ1) is 14.4. The number of hydrogen-bond donors (Lipinski definition) is 2. The number of nitrogens with two attached hydrogens (primary N) is 1. The number of ether oxygens (including phenoxy) is 2. The van der Waals surface area contributed by atoms with Crippen molar-refractivity contribution in [3.05, 3.63) is 54.1 Å². The van der Waals surface area contributed by atoms with E-state index < -0.39 is 16.0 Å². The van der Waals surface area contributed by atoms with Crippen LogP contribution >= 0.6 is 12.4 Å². The monoisotopic (exact) mass is 470 g/mol. The van der Waals surface area contributed by atoms with E-state index in [-0.39, 0.29) is 36.0 Å². The van der Waals surface area contributed by atoms with Crippen LogP contribution in [0.4, 0.5) is 5.69 Å². The van der Waals surface area contributed by atoms with Crippen LogP contribution in [0.2, 0.25) is 0 Å². The maximum atomic E-state index is 12.6. The summed E-state index contributed by atoms with van der Waals surface area (Å²) in [6.45, 7) is 2.77. The molecule has 0 aliphatic heterocycles. The maximum absolute atomic E-state index is 12.6. The summed E-state index contributed by atoms with van der Waals surface area (Å²) in [4.78, 5) is 11.9. The molecule has 2 rings (SSSR count). The van der Waals surface area contributed by atoms with Crippen molar-refractivity contribution in [2.24, 2.45) is 5.73 Å². The molecule has 0 atom stereocenters. The van der Waals surface area contributed by atoms with Gasteiger partial charge in [-0.25, -0.2) is 8.42 Å². The topological polar surface area (TPSA) is 108 Å². The summed E-state index contributed by atoms with van der Waals surface area (Å²) in [5.74, 6) is -0.252. The van der Waals surface area contributed by atoms with Gasteiger partial charge in [-0.3, -0.25) is 9.52 Å². The Balaban J connectivity index is 0.00000480. The fourth-order valence-electron chi connectivity index (χ4n) is 2.78. The molecule has 0 amide bonds. The zero-order valence-corrected chi connectivity index (χ0v) is 19.3. The summed E-state index contributed by atoms with van der Waals surface area (Å²) in [6.07, 6.45) is 3.95. The average molecular weight is 471 g/mol. The van der Waals surface area contributed by atoms with Crippen molar-refractivity contribution >= 4 is 34.1 Å². The minimum atomic E-state index is -3.71. The molecule has 0 bridgehead atoms. The number of hydrogen-bond acceptors (Lipinski definition) is 6. The van der Waals surface area contributed by atoms with Crippen LogP contribution in [0.5, 0.6) is 11.5 Å². The normalized spacial score (nSPS) is 10.8. The van der Waals surface area contributed by atoms with Crippen molar-refractivity contribution < 1.29 is 22.7 Å². The Bertz CT molecular complexity index is 907. The lowest BCUT2D eigenvalue weighted by Gasteiger charge is -2.16. The lowest BCUT2D eigenvalue weighted by Crippen LogP contribution is -2.17. The Hall–Kier alpha value is -2.29. The average Bonchev–Trinajstić information content (AvgIpc) is 2.72. The molecule has 0 saturated carbocycles. The molecular weight excluding hydrogens is 440 g/mol. The number of nitrogens with one attached hydrogen (secondary N) is 1. The fraction of sp³-hybridized carbons (Fsp3) is 0.409. The van der Waals surface area contributed by atoms with Gasteiger partial charge in [-0.1, -0.05) is 56.2 Å². The molecular formula is C22H31ClN2O5S. The highest BCUT2D eigenvalue weighted by atomic mass is 35.5. The Morgan fingerprint density at radius 2 is 1.71 bits per heavy atom. The molecule has 0 spiro atoms. The van der Waals surface area contributed by atoms with E-state index in [4.69, 9.17) is 15.2 Å². The van der Waals surface area contributed by atoms with Crippen LogP contribution < -0.4 is 19.9 Å². The van der Waals surface area contributed by atoms with Crippen LogP contribution in [-0.4, -0.2) is 27.5 Å². The van der Waals surface area contributed by atoms with E-state index in [1.165, 1.54) is 0 Å². The number of anilines is 1. The zero-order valence-electron chi connectivity index (χ0n) is 17.7. The lowest BCUT2D eigenvalue weighted by atomic mass is 10.2. The van der Waals surface area contributed by atoms with Crippen molar-refractivity contribution in [1.29, 1.82) is 0 Å². The smallest absolute Gasteiger partial charge is 0.311 e. The molecule has 2 aromatic rings. The van der Waals surface area contributed by atoms with Crippen molar-refractivity contribution in [1.82, 2.24) is 0 Å². The SMILES string of the molecule is CCC(=O)Oc1c(NS(=O)(=O)Cc2ccccc2)cccc1OCCCCCCN.Cl. The Labute approximate surface area is 190 Å². The Morgan fingerprint density at radius 3 is 2.39 bits per heavy atom. The molecule has 7 nitrogen and oxygen atoms in total. The molecule has 2 aromatic carbocycles. The van der Waals surface area contributed by atoms with E-state index in [2.05, 4.69) is 4.72 Å². The van der Waals surface area contributed by atoms with Crippen LogP contribution in [0.1, 0.15) is 44.6 Å². The van der Waals surface area contributed by atoms with E-state index >= 15 is 0 Å². The van der Waals surface area contributed by atoms with E-state index in [1.807, 2.05) is 6.07 Å². The third-order valence-electron chi connectivity index (χ3n) is 4.30. The van der Waals surface area contributed by atoms with Gasteiger partial charge < -0.3 is 15.2 Å². The van der Waals surface area contributed by atoms with E-state index in [1.54, 1.807) is 49.4 Å². The number of carbonyl (C=O) groups excluding carboxylic acids is 1. The summed E-state index contributed by atoms with van der Waals surface area (Å²) < 4.78 is 39.0. The minimum Gasteiger partial charge on any atom is -0.490 e. The third kappa shape index (κ3) is 9.59. The third-order valence-corrected chi connectivity index (χ3v) is 5.55. The van der Waals surface area contributed by atoms with Gasteiger partial charge in [-0.15, -0.1) is 12.4 Å². The molecule has 9 heteroatoms. The molecule has 172 valence electrons. The molecule has 0 radical (unpaired) electrons. The first-order valence-corrected chi connectivity index (χ1v) is 11.8. The highest BCUT2D eigenvalue weighted by Gasteiger charge is 2.19. The summed E-state index contributed by atoms with van der Waals surface area (Å²) in [5.41, 5.74) is 6.32. The van der Waals surface area contributed by atoms with Crippen LogP contribution in [0.3, 0.4) is 0 Å². The zero-order chi connectivity index (χ0) is 21.8. The molecule has 0 aromatic heterocycles. The standard InChI is InChI=1S/C22H30N2O5S.ClH/c1-2-21(25)29-22-19(24-30(26,27)17-18-11-6-5-7-12-18)13-10-14-20(22)28-16-9-4-3-8-15-23;/h5-7,10-14,24H,2-4,8-9,15-17,23H2,1H3;1H. The second-order valence-electron chi connectivity index (χ2n) is 6.86. The summed E-state index contributed by atoms with van der Waals surface area (Å²) in [5, 5.41) is 0. The predicted octanol–water partition coefficient (Wildman–Crippen LogP) is 4.26.